The van der Waals surface area contributed by atoms with Crippen LogP contribution in [0.15, 0.2) is 12.1 Å². The molecular formula is C17H21ClN2O5S. The molecule has 0 spiro atoms. The molecule has 0 radical (unpaired) electrons. The quantitative estimate of drug-likeness (QED) is 0.541. The molecule has 26 heavy (non-hydrogen) atoms. The highest BCUT2D eigenvalue weighted by molar-refractivity contribution is 7.18. The predicted molar refractivity (Wildman–Crippen MR) is 97.4 cm³/mol. The molecule has 1 atom stereocenters. The van der Waals surface area contributed by atoms with Gasteiger partial charge in [-0.25, -0.2) is 4.79 Å². The fraction of sp³-hybridized carbons (Fsp3) is 0.529. The van der Waals surface area contributed by atoms with E-state index in [9.17, 15) is 19.2 Å². The first-order chi connectivity index (χ1) is 12.3. The summed E-state index contributed by atoms with van der Waals surface area (Å²) in [6, 6.07) is 2.70. The number of ether oxygens (including phenoxy) is 1. The van der Waals surface area contributed by atoms with E-state index in [2.05, 4.69) is 10.6 Å². The molecule has 1 aliphatic carbocycles. The Morgan fingerprint density at radius 1 is 1.23 bits per heavy atom. The first-order valence-electron chi connectivity index (χ1n) is 8.44. The first kappa shape index (κ1) is 20.4. The molecular weight excluding hydrogens is 380 g/mol. The summed E-state index contributed by atoms with van der Waals surface area (Å²) in [5.74, 6) is -1.60. The lowest BCUT2D eigenvalue weighted by molar-refractivity contribution is -0.154. The maximum atomic E-state index is 11.9. The minimum absolute atomic E-state index is 0.0355. The molecule has 2 rings (SSSR count). The molecule has 1 heterocycles. The third-order valence-corrected chi connectivity index (χ3v) is 5.28. The number of nitrogens with one attached hydrogen (secondary N) is 2. The second-order valence-electron chi connectivity index (χ2n) is 6.10. The summed E-state index contributed by atoms with van der Waals surface area (Å²) in [7, 11) is 0. The molecule has 0 aromatic carbocycles. The fourth-order valence-corrected chi connectivity index (χ4v) is 3.63. The molecule has 0 aliphatic heterocycles. The summed E-state index contributed by atoms with van der Waals surface area (Å²) in [4.78, 5) is 47.8. The van der Waals surface area contributed by atoms with E-state index in [1.807, 2.05) is 0 Å². The number of hydrogen-bond acceptors (Lipinski definition) is 6. The zero-order valence-electron chi connectivity index (χ0n) is 14.4. The highest BCUT2D eigenvalue weighted by atomic mass is 35.5. The monoisotopic (exact) mass is 400 g/mol. The topological polar surface area (TPSA) is 102 Å². The van der Waals surface area contributed by atoms with Crippen molar-refractivity contribution < 1.29 is 23.9 Å². The van der Waals surface area contributed by atoms with E-state index in [4.69, 9.17) is 16.3 Å². The van der Waals surface area contributed by atoms with Crippen LogP contribution in [0.2, 0.25) is 4.34 Å². The molecule has 2 N–H and O–H groups in total. The number of carbonyl (C=O) groups is 4. The molecule has 1 fully saturated rings. The van der Waals surface area contributed by atoms with Gasteiger partial charge in [-0.1, -0.05) is 24.4 Å². The normalized spacial score (nSPS) is 15.3. The fourth-order valence-electron chi connectivity index (χ4n) is 2.62. The van der Waals surface area contributed by atoms with E-state index >= 15 is 0 Å². The minimum atomic E-state index is -1.12. The molecule has 7 nitrogen and oxygen atoms in total. The van der Waals surface area contributed by atoms with E-state index in [1.165, 1.54) is 6.92 Å². The number of halogens is 1. The number of amides is 3. The number of imide groups is 1. The maximum Gasteiger partial charge on any atom is 0.321 e. The van der Waals surface area contributed by atoms with Gasteiger partial charge in [0.2, 0.25) is 0 Å². The van der Waals surface area contributed by atoms with Gasteiger partial charge < -0.3 is 10.1 Å². The van der Waals surface area contributed by atoms with Gasteiger partial charge >= 0.3 is 12.0 Å². The van der Waals surface area contributed by atoms with E-state index in [1.54, 1.807) is 12.1 Å². The van der Waals surface area contributed by atoms with Crippen LogP contribution in [0.25, 0.3) is 0 Å². The smallest absolute Gasteiger partial charge is 0.321 e. The average Bonchev–Trinajstić information content (AvgIpc) is 3.24. The molecule has 9 heteroatoms. The molecule has 0 unspecified atom stereocenters. The second kappa shape index (κ2) is 9.68. The lowest BCUT2D eigenvalue weighted by atomic mass is 10.2. The molecule has 1 saturated carbocycles. The van der Waals surface area contributed by atoms with Crippen molar-refractivity contribution in [3.05, 3.63) is 21.3 Å². The Labute approximate surface area is 160 Å². The van der Waals surface area contributed by atoms with Gasteiger partial charge in [0.1, 0.15) is 0 Å². The van der Waals surface area contributed by atoms with Crippen molar-refractivity contribution in [2.24, 2.45) is 0 Å². The van der Waals surface area contributed by atoms with E-state index < -0.39 is 24.0 Å². The zero-order chi connectivity index (χ0) is 19.1. The number of urea groups is 1. The first-order valence-corrected chi connectivity index (χ1v) is 9.64. The Kier molecular flexibility index (Phi) is 7.59. The Hall–Kier alpha value is -1.93. The van der Waals surface area contributed by atoms with Crippen molar-refractivity contribution in [2.45, 2.75) is 57.6 Å². The zero-order valence-corrected chi connectivity index (χ0v) is 16.0. The van der Waals surface area contributed by atoms with Crippen LogP contribution >= 0.6 is 22.9 Å². The van der Waals surface area contributed by atoms with Gasteiger partial charge in [-0.3, -0.25) is 19.7 Å². The van der Waals surface area contributed by atoms with Crippen LogP contribution in [0.3, 0.4) is 0 Å². The van der Waals surface area contributed by atoms with Crippen LogP contribution < -0.4 is 10.6 Å². The SMILES string of the molecule is C[C@@H](OC(=O)CCC(=O)c1ccc(Cl)s1)C(=O)NC(=O)NC1CCCC1. The number of ketones is 1. The summed E-state index contributed by atoms with van der Waals surface area (Å²) in [5.41, 5.74) is 0. The molecule has 3 amide bonds. The highest BCUT2D eigenvalue weighted by Gasteiger charge is 2.23. The number of rotatable bonds is 7. The van der Waals surface area contributed by atoms with Crippen LogP contribution in [0.1, 0.15) is 55.1 Å². The van der Waals surface area contributed by atoms with Crippen LogP contribution in [0, 0.1) is 0 Å². The standard InChI is InChI=1S/C17H21ClN2O5S/c1-10(16(23)20-17(24)19-11-4-2-3-5-11)25-15(22)9-6-12(21)13-7-8-14(18)26-13/h7-8,10-11H,2-6,9H2,1H3,(H2,19,20,23,24)/t10-/m1/s1. The van der Waals surface area contributed by atoms with Gasteiger partial charge in [0.15, 0.2) is 11.9 Å². The van der Waals surface area contributed by atoms with Gasteiger partial charge in [0.25, 0.3) is 5.91 Å². The maximum absolute atomic E-state index is 11.9. The van der Waals surface area contributed by atoms with Gasteiger partial charge in [0, 0.05) is 12.5 Å². The average molecular weight is 401 g/mol. The summed E-state index contributed by atoms with van der Waals surface area (Å²) in [6.07, 6.45) is 2.60. The molecule has 142 valence electrons. The Bertz CT molecular complexity index is 684. The molecule has 1 aromatic heterocycles. The van der Waals surface area contributed by atoms with Gasteiger partial charge in [-0.2, -0.15) is 0 Å². The Morgan fingerprint density at radius 2 is 1.92 bits per heavy atom. The lowest BCUT2D eigenvalue weighted by Gasteiger charge is -2.15. The van der Waals surface area contributed by atoms with E-state index in [-0.39, 0.29) is 24.7 Å². The van der Waals surface area contributed by atoms with Crippen molar-refractivity contribution in [2.75, 3.05) is 0 Å². The number of carbonyl (C=O) groups excluding carboxylic acids is 4. The molecule has 0 saturated heterocycles. The number of Topliss-reactive ketones (excluding diaryl/α,β-unsaturated/α-hetero) is 1. The third kappa shape index (κ3) is 6.42. The van der Waals surface area contributed by atoms with Crippen LogP contribution in [0.4, 0.5) is 4.79 Å². The second-order valence-corrected chi connectivity index (χ2v) is 7.82. The largest absolute Gasteiger partial charge is 0.453 e. The van der Waals surface area contributed by atoms with Crippen molar-refractivity contribution >= 4 is 46.6 Å². The third-order valence-electron chi connectivity index (χ3n) is 4.01. The van der Waals surface area contributed by atoms with Gasteiger partial charge in [-0.05, 0) is 31.9 Å². The number of thiophene rings is 1. The summed E-state index contributed by atoms with van der Waals surface area (Å²) >= 11 is 6.90. The van der Waals surface area contributed by atoms with Crippen LogP contribution in [-0.4, -0.2) is 35.8 Å². The lowest BCUT2D eigenvalue weighted by Crippen LogP contribution is -2.47. The Morgan fingerprint density at radius 3 is 2.54 bits per heavy atom. The van der Waals surface area contributed by atoms with Crippen LogP contribution in [-0.2, 0) is 14.3 Å². The van der Waals surface area contributed by atoms with Crippen molar-refractivity contribution in [3.63, 3.8) is 0 Å². The van der Waals surface area contributed by atoms with Gasteiger partial charge in [-0.15, -0.1) is 11.3 Å². The predicted octanol–water partition coefficient (Wildman–Crippen LogP) is 3.06. The summed E-state index contributed by atoms with van der Waals surface area (Å²) < 4.78 is 5.47. The summed E-state index contributed by atoms with van der Waals surface area (Å²) in [5, 5.41) is 4.87. The highest BCUT2D eigenvalue weighted by Crippen LogP contribution is 2.23. The summed E-state index contributed by atoms with van der Waals surface area (Å²) in [6.45, 7) is 1.37. The Balaban J connectivity index is 1.69. The van der Waals surface area contributed by atoms with Crippen molar-refractivity contribution in [3.8, 4) is 0 Å². The van der Waals surface area contributed by atoms with E-state index in [0.29, 0.717) is 9.21 Å². The number of hydrogen-bond donors (Lipinski definition) is 2. The number of esters is 1. The van der Waals surface area contributed by atoms with E-state index in [0.717, 1.165) is 37.0 Å². The minimum Gasteiger partial charge on any atom is -0.453 e. The molecule has 0 bridgehead atoms. The van der Waals surface area contributed by atoms with Crippen molar-refractivity contribution in [1.29, 1.82) is 0 Å². The molecule has 1 aromatic rings. The van der Waals surface area contributed by atoms with Crippen molar-refractivity contribution in [1.82, 2.24) is 10.6 Å². The molecule has 1 aliphatic rings. The van der Waals surface area contributed by atoms with Crippen LogP contribution in [0.5, 0.6) is 0 Å². The van der Waals surface area contributed by atoms with Gasteiger partial charge in [0.05, 0.1) is 15.6 Å².